The predicted octanol–water partition coefficient (Wildman–Crippen LogP) is 4.10. The SMILES string of the molecule is COC(=O)N[C@H](C(=O)NN(Cc1ccc(C)cc1)C[C@H](O)[C@H](Cc1ccc(OC)cc1)NC(=O)OC(C)(C)C)C(C)(C)C. The van der Waals surface area contributed by atoms with Crippen LogP contribution in [0.2, 0.25) is 0 Å². The number of aliphatic hydroxyl groups excluding tert-OH is 1. The van der Waals surface area contributed by atoms with Gasteiger partial charge in [-0.3, -0.25) is 10.2 Å². The van der Waals surface area contributed by atoms with Gasteiger partial charge in [0.15, 0.2) is 0 Å². The number of methoxy groups -OCH3 is 2. The Hall–Kier alpha value is -3.83. The van der Waals surface area contributed by atoms with Crippen LogP contribution < -0.4 is 20.8 Å². The molecule has 0 saturated heterocycles. The summed E-state index contributed by atoms with van der Waals surface area (Å²) < 4.78 is 15.5. The van der Waals surface area contributed by atoms with Gasteiger partial charge in [0.2, 0.25) is 0 Å². The van der Waals surface area contributed by atoms with E-state index in [0.29, 0.717) is 5.75 Å². The zero-order valence-corrected chi connectivity index (χ0v) is 26.8. The van der Waals surface area contributed by atoms with Gasteiger partial charge in [-0.2, -0.15) is 0 Å². The lowest BCUT2D eigenvalue weighted by molar-refractivity contribution is -0.131. The Morgan fingerprint density at radius 1 is 0.860 bits per heavy atom. The molecule has 11 nitrogen and oxygen atoms in total. The van der Waals surface area contributed by atoms with Crippen molar-refractivity contribution in [1.82, 2.24) is 21.1 Å². The molecule has 2 aromatic carbocycles. The molecule has 0 aliphatic heterocycles. The lowest BCUT2D eigenvalue weighted by atomic mass is 9.86. The van der Waals surface area contributed by atoms with Crippen LogP contribution in [0.15, 0.2) is 48.5 Å². The van der Waals surface area contributed by atoms with E-state index in [1.807, 2.05) is 64.1 Å². The number of hydrogen-bond donors (Lipinski definition) is 4. The first-order valence-corrected chi connectivity index (χ1v) is 14.3. The highest BCUT2D eigenvalue weighted by atomic mass is 16.6. The maximum Gasteiger partial charge on any atom is 0.407 e. The Kier molecular flexibility index (Phi) is 12.8. The molecule has 11 heteroatoms. The zero-order valence-electron chi connectivity index (χ0n) is 26.8. The van der Waals surface area contributed by atoms with E-state index in [1.165, 1.54) is 7.11 Å². The van der Waals surface area contributed by atoms with Crippen LogP contribution in [-0.2, 0) is 27.2 Å². The van der Waals surface area contributed by atoms with Gasteiger partial charge in [0.1, 0.15) is 17.4 Å². The molecular weight excluding hydrogens is 552 g/mol. The third-order valence-corrected chi connectivity index (χ3v) is 6.53. The topological polar surface area (TPSA) is 138 Å². The number of nitrogens with zero attached hydrogens (tertiary/aromatic N) is 1. The molecule has 0 aromatic heterocycles. The molecule has 4 N–H and O–H groups in total. The average molecular weight is 601 g/mol. The van der Waals surface area contributed by atoms with Gasteiger partial charge >= 0.3 is 12.2 Å². The van der Waals surface area contributed by atoms with Crippen LogP contribution >= 0.6 is 0 Å². The van der Waals surface area contributed by atoms with E-state index in [-0.39, 0.29) is 19.5 Å². The summed E-state index contributed by atoms with van der Waals surface area (Å²) in [6.07, 6.45) is -2.26. The van der Waals surface area contributed by atoms with Gasteiger partial charge in [-0.15, -0.1) is 0 Å². The van der Waals surface area contributed by atoms with Crippen LogP contribution in [0.25, 0.3) is 0 Å². The zero-order chi connectivity index (χ0) is 32.4. The second-order valence-electron chi connectivity index (χ2n) is 12.6. The standard InChI is InChI=1S/C32H48N4O7/c1-21-10-12-23(13-11-21)19-36(35-28(38)27(31(2,3)4)34-29(39)42-9)20-26(37)25(33-30(40)43-32(5,6)7)18-22-14-16-24(41-8)17-15-22/h10-17,25-27,37H,18-20H2,1-9H3,(H,33,40)(H,34,39)(H,35,38)/t25-,26-,27+/m0/s1. The van der Waals surface area contributed by atoms with Crippen molar-refractivity contribution in [3.05, 3.63) is 65.2 Å². The summed E-state index contributed by atoms with van der Waals surface area (Å²) in [4.78, 5) is 38.3. The lowest BCUT2D eigenvalue weighted by Crippen LogP contribution is -2.59. The van der Waals surface area contributed by atoms with Crippen molar-refractivity contribution < 1.29 is 33.7 Å². The third kappa shape index (κ3) is 12.5. The number of hydrogen-bond acceptors (Lipinski definition) is 8. The first kappa shape index (κ1) is 35.4. The number of carbonyl (C=O) groups excluding carboxylic acids is 3. The van der Waals surface area contributed by atoms with E-state index >= 15 is 0 Å². The quantitative estimate of drug-likeness (QED) is 0.267. The van der Waals surface area contributed by atoms with E-state index in [4.69, 9.17) is 14.2 Å². The highest BCUT2D eigenvalue weighted by Crippen LogP contribution is 2.21. The van der Waals surface area contributed by atoms with Crippen LogP contribution in [0.5, 0.6) is 5.75 Å². The number of nitrogens with one attached hydrogen (secondary N) is 3. The Morgan fingerprint density at radius 2 is 1.44 bits per heavy atom. The Morgan fingerprint density at radius 3 is 1.95 bits per heavy atom. The smallest absolute Gasteiger partial charge is 0.407 e. The average Bonchev–Trinajstić information content (AvgIpc) is 2.91. The number of ether oxygens (including phenoxy) is 3. The molecule has 0 fully saturated rings. The van der Waals surface area contributed by atoms with Crippen molar-refractivity contribution in [3.63, 3.8) is 0 Å². The number of benzene rings is 2. The number of rotatable bonds is 12. The number of aliphatic hydroxyl groups is 1. The predicted molar refractivity (Wildman–Crippen MR) is 164 cm³/mol. The van der Waals surface area contributed by atoms with Crippen molar-refractivity contribution >= 4 is 18.1 Å². The Bertz CT molecular complexity index is 1190. The monoisotopic (exact) mass is 600 g/mol. The van der Waals surface area contributed by atoms with Crippen molar-refractivity contribution in [2.45, 2.75) is 85.2 Å². The molecule has 0 spiro atoms. The molecule has 43 heavy (non-hydrogen) atoms. The minimum Gasteiger partial charge on any atom is -0.497 e. The van der Waals surface area contributed by atoms with Crippen LogP contribution in [0.3, 0.4) is 0 Å². The second kappa shape index (κ2) is 15.6. The summed E-state index contributed by atoms with van der Waals surface area (Å²) in [7, 11) is 2.81. The van der Waals surface area contributed by atoms with Gasteiger partial charge in [0.25, 0.3) is 5.91 Å². The summed E-state index contributed by atoms with van der Waals surface area (Å²) in [6, 6.07) is 13.4. The van der Waals surface area contributed by atoms with Gasteiger partial charge in [-0.25, -0.2) is 14.6 Å². The first-order chi connectivity index (χ1) is 20.0. The summed E-state index contributed by atoms with van der Waals surface area (Å²) in [5.74, 6) is 0.200. The summed E-state index contributed by atoms with van der Waals surface area (Å²) in [5, 5.41) is 18.5. The van der Waals surface area contributed by atoms with E-state index in [9.17, 15) is 19.5 Å². The molecule has 0 heterocycles. The number of amides is 3. The van der Waals surface area contributed by atoms with E-state index in [0.717, 1.165) is 16.7 Å². The van der Waals surface area contributed by atoms with Crippen LogP contribution in [0.1, 0.15) is 58.2 Å². The van der Waals surface area contributed by atoms with Crippen molar-refractivity contribution in [2.75, 3.05) is 20.8 Å². The van der Waals surface area contributed by atoms with Crippen molar-refractivity contribution in [3.8, 4) is 5.75 Å². The van der Waals surface area contributed by atoms with Crippen LogP contribution in [-0.4, -0.2) is 72.8 Å². The Balaban J connectivity index is 2.36. The van der Waals surface area contributed by atoms with Crippen molar-refractivity contribution in [1.29, 1.82) is 0 Å². The number of carbonyl (C=O) groups is 3. The maximum absolute atomic E-state index is 13.5. The molecule has 3 atom stereocenters. The molecule has 0 bridgehead atoms. The minimum atomic E-state index is -1.14. The fraction of sp³-hybridized carbons (Fsp3) is 0.531. The first-order valence-electron chi connectivity index (χ1n) is 14.3. The molecular formula is C32H48N4O7. The minimum absolute atomic E-state index is 0.0503. The number of alkyl carbamates (subject to hydrolysis) is 2. The van der Waals surface area contributed by atoms with Crippen molar-refractivity contribution in [2.24, 2.45) is 5.41 Å². The highest BCUT2D eigenvalue weighted by Gasteiger charge is 2.35. The van der Waals surface area contributed by atoms with Gasteiger partial charge in [0, 0.05) is 13.1 Å². The lowest BCUT2D eigenvalue weighted by Gasteiger charge is -2.34. The fourth-order valence-corrected chi connectivity index (χ4v) is 4.25. The van der Waals surface area contributed by atoms with E-state index < -0.39 is 47.3 Å². The summed E-state index contributed by atoms with van der Waals surface area (Å²) in [6.45, 7) is 12.9. The summed E-state index contributed by atoms with van der Waals surface area (Å²) >= 11 is 0. The van der Waals surface area contributed by atoms with Gasteiger partial charge < -0.3 is 30.0 Å². The molecule has 3 amide bonds. The molecule has 0 aliphatic carbocycles. The fourth-order valence-electron chi connectivity index (χ4n) is 4.25. The third-order valence-electron chi connectivity index (χ3n) is 6.53. The molecule has 2 aromatic rings. The summed E-state index contributed by atoms with van der Waals surface area (Å²) in [5.41, 5.74) is 4.31. The van der Waals surface area contributed by atoms with Gasteiger partial charge in [0.05, 0.1) is 26.4 Å². The maximum atomic E-state index is 13.5. The molecule has 0 saturated carbocycles. The van der Waals surface area contributed by atoms with Crippen LogP contribution in [0, 0.1) is 12.3 Å². The van der Waals surface area contributed by atoms with Gasteiger partial charge in [-0.05, 0) is 62.8 Å². The molecule has 2 rings (SSSR count). The molecule has 0 radical (unpaired) electrons. The molecule has 0 aliphatic rings. The highest BCUT2D eigenvalue weighted by molar-refractivity contribution is 5.86. The largest absolute Gasteiger partial charge is 0.497 e. The van der Waals surface area contributed by atoms with E-state index in [1.54, 1.807) is 45.0 Å². The normalized spacial score (nSPS) is 13.8. The molecule has 0 unspecified atom stereocenters. The van der Waals surface area contributed by atoms with Crippen LogP contribution in [0.4, 0.5) is 9.59 Å². The molecule has 238 valence electrons. The van der Waals surface area contributed by atoms with Gasteiger partial charge in [-0.1, -0.05) is 62.7 Å². The second-order valence-corrected chi connectivity index (χ2v) is 12.6. The number of hydrazine groups is 1. The van der Waals surface area contributed by atoms with E-state index in [2.05, 4.69) is 16.1 Å². The number of aryl methyl sites for hydroxylation is 1. The Labute approximate surface area is 255 Å².